The van der Waals surface area contributed by atoms with E-state index in [2.05, 4.69) is 22.5 Å². The van der Waals surface area contributed by atoms with Gasteiger partial charge in [0.1, 0.15) is 30.0 Å². The predicted molar refractivity (Wildman–Crippen MR) is 375 cm³/mol. The fourth-order valence-corrected chi connectivity index (χ4v) is 15.1. The smallest absolute Gasteiger partial charge is 0.405 e. The highest BCUT2D eigenvalue weighted by Gasteiger charge is 2.78. The molecule has 9 N–H and O–H groups in total. The van der Waals surface area contributed by atoms with Gasteiger partial charge in [-0.25, -0.2) is 14.4 Å². The molecule has 2 heterocycles. The highest BCUT2D eigenvalue weighted by atomic mass is 16.6. The highest BCUT2D eigenvalue weighted by molar-refractivity contribution is 6.23. The Kier molecular flexibility index (Phi) is 25.8. The second-order valence-corrected chi connectivity index (χ2v) is 28.0. The van der Waals surface area contributed by atoms with Crippen LogP contribution in [0.25, 0.3) is 0 Å². The number of carbonyl (C=O) groups is 10. The zero-order valence-electron chi connectivity index (χ0n) is 60.4. The molecule has 9 rings (SSSR count). The van der Waals surface area contributed by atoms with Crippen molar-refractivity contribution in [3.8, 4) is 0 Å². The summed E-state index contributed by atoms with van der Waals surface area (Å²) in [6, 6.07) is 22.9. The molecule has 4 aliphatic carbocycles. The number of hydrogen-bond donors (Lipinski definition) is 8. The van der Waals surface area contributed by atoms with Crippen LogP contribution < -0.4 is 21.7 Å². The molecule has 558 valence electrons. The van der Waals surface area contributed by atoms with Crippen LogP contribution in [0.5, 0.6) is 0 Å². The number of carbonyl (C=O) groups excluding carboxylic acids is 10. The lowest BCUT2D eigenvalue weighted by molar-refractivity contribution is -0.346. The second kappa shape index (κ2) is 33.5. The van der Waals surface area contributed by atoms with Gasteiger partial charge in [-0.1, -0.05) is 125 Å². The van der Waals surface area contributed by atoms with Crippen LogP contribution in [0.2, 0.25) is 0 Å². The van der Waals surface area contributed by atoms with Crippen molar-refractivity contribution < 1.29 is 106 Å². The number of ketones is 3. The highest BCUT2D eigenvalue weighted by Crippen LogP contribution is 2.64. The number of nitrogens with one attached hydrogen (secondary N) is 3. The Bertz CT molecular complexity index is 3970. The molecule has 4 bridgehead atoms. The fourth-order valence-electron chi connectivity index (χ4n) is 15.1. The molecule has 0 radical (unpaired) electrons. The van der Waals surface area contributed by atoms with Crippen molar-refractivity contribution in [1.29, 1.82) is 0 Å². The number of amides is 3. The Hall–Kier alpha value is -9.54. The third-order valence-electron chi connectivity index (χ3n) is 20.7. The summed E-state index contributed by atoms with van der Waals surface area (Å²) in [5.74, 6) is -8.99. The number of aliphatic hydroxyl groups is 4. The molecule has 3 fully saturated rings. The number of allylic oxidation sites excluding steroid dienone is 4. The second-order valence-electron chi connectivity index (χ2n) is 28.0. The zero-order valence-corrected chi connectivity index (χ0v) is 60.4. The van der Waals surface area contributed by atoms with Crippen LogP contribution in [-0.4, -0.2) is 179 Å². The van der Waals surface area contributed by atoms with Crippen LogP contribution in [0.1, 0.15) is 127 Å². The average Bonchev–Trinajstić information content (AvgIpc) is 0.669. The molecule has 2 aliphatic heterocycles. The minimum atomic E-state index is -2.39. The lowest BCUT2D eigenvalue weighted by atomic mass is 9.44. The van der Waals surface area contributed by atoms with E-state index in [0.29, 0.717) is 17.6 Å². The first-order valence-corrected chi connectivity index (χ1v) is 34.2. The Morgan fingerprint density at radius 3 is 2.02 bits per heavy atom. The van der Waals surface area contributed by atoms with Crippen LogP contribution in [0.3, 0.4) is 0 Å². The number of fused-ring (bicyclic) bond motifs is 7. The van der Waals surface area contributed by atoms with Crippen LogP contribution >= 0.6 is 0 Å². The van der Waals surface area contributed by atoms with Crippen molar-refractivity contribution in [2.24, 2.45) is 34.3 Å². The van der Waals surface area contributed by atoms with E-state index in [0.717, 1.165) is 19.9 Å². The minimum Gasteiger partial charge on any atom is -0.456 e. The molecular weight excluding hydrogens is 1340 g/mol. The van der Waals surface area contributed by atoms with Gasteiger partial charge < -0.3 is 80.0 Å². The Morgan fingerprint density at radius 1 is 0.827 bits per heavy atom. The Balaban J connectivity index is 0.000000285. The lowest BCUT2D eigenvalue weighted by Gasteiger charge is -2.67. The van der Waals surface area contributed by atoms with E-state index in [1.54, 1.807) is 138 Å². The molecule has 3 aromatic carbocycles. The number of ether oxygens (including phenoxy) is 8. The summed E-state index contributed by atoms with van der Waals surface area (Å²) < 4.78 is 46.8. The molecule has 17 atom stereocenters. The number of hydrogen-bond acceptors (Lipinski definition) is 23. The summed E-state index contributed by atoms with van der Waals surface area (Å²) in [7, 11) is 2.92. The van der Waals surface area contributed by atoms with E-state index < -0.39 is 167 Å². The third kappa shape index (κ3) is 16.7. The minimum absolute atomic E-state index is 0.00289. The van der Waals surface area contributed by atoms with E-state index in [9.17, 15) is 63.6 Å². The molecule has 0 unspecified atom stereocenters. The van der Waals surface area contributed by atoms with E-state index >= 15 is 4.79 Å². The van der Waals surface area contributed by atoms with Crippen LogP contribution in [0.15, 0.2) is 173 Å². The van der Waals surface area contributed by atoms with Gasteiger partial charge in [0, 0.05) is 81.6 Å². The van der Waals surface area contributed by atoms with E-state index in [-0.39, 0.29) is 76.7 Å². The molecule has 104 heavy (non-hydrogen) atoms. The largest absolute Gasteiger partial charge is 0.456 e. The van der Waals surface area contributed by atoms with Gasteiger partial charge in [-0.15, -0.1) is 6.58 Å². The fraction of sp³-hybridized carbons (Fsp3) is 0.462. The van der Waals surface area contributed by atoms with Gasteiger partial charge in [0.25, 0.3) is 11.8 Å². The molecule has 6 aliphatic rings. The lowest BCUT2D eigenvalue weighted by Crippen LogP contribution is -2.82. The first-order valence-electron chi connectivity index (χ1n) is 34.2. The standard InChI is InChI=1S/C47H51NO14.C31H43N3O8/c1-25-31(60-43(56)36(52)35(28-16-10-7-11-17-28)48-41(54)29-18-12-8-13-19-29)23-47(57)40(61-42(55)30-20-14-9-15-21-30)38-45(6,32(51)22-33-46(38,24-58-33)62-27(3)50)39(53)37(59-26(2)49)34(25)44(47,4)5;1-8-12-33-26-21-13-17(2)14-25(41-7)27(36)19(4)15-20(5)29(42-31(32)39)24(40-6)11-9-10-18(3)30(38)34-22(28(21)37)16-23(26)35/h7-21,31-33,35-38,40,51-52,57H,22-24H2,1-6H3,(H,48,54);8-11,15-17,19,24-25,27,29,33,36H,1,12-14H2,2-7H3,(H2,32,39)(H,34,38)/b;11-9-,18-10+,20-15+/t31-,32-,33+,35-,36+,37+,38-,40-,45+,46-,47+;17-,19+,24+,25+,27-,29+/m01/s1. The van der Waals surface area contributed by atoms with Crippen molar-refractivity contribution in [3.63, 3.8) is 0 Å². The number of primary amides is 1. The number of nitrogens with two attached hydrogens (primary N) is 1. The molecule has 26 nitrogen and oxygen atoms in total. The Morgan fingerprint density at radius 2 is 1.45 bits per heavy atom. The SMILES string of the molecule is C=CCNC1=C2C[C@@H](C)C[C@H](OC)[C@H](O)[C@@H](C)/C=C(\C)[C@H](OC(N)=O)[C@@H](OC)/C=C\C=C(/C)C(=O)NC(=CC1=O)C2=O.CC(=O)O[C@H]1C(=O)[C@@]2(C)[C@H]([C@H](OC(=O)c3ccccc3)[C@]3(O)C[C@H](OC(=O)[C@H](O)[C@@H](NC(=O)c4ccccc4)c4ccccc4)C(C)=C1C3(C)C)[C@]1(OC(C)=O)CO[C@@H]1C[C@@H]2O. The summed E-state index contributed by atoms with van der Waals surface area (Å²) in [6.45, 7) is 18.9. The van der Waals surface area contributed by atoms with E-state index in [1.807, 2.05) is 6.92 Å². The quantitative estimate of drug-likeness (QED) is 0.0339. The number of methoxy groups -OCH3 is 2. The third-order valence-corrected chi connectivity index (χ3v) is 20.7. The van der Waals surface area contributed by atoms with Gasteiger partial charge in [0.05, 0.1) is 59.3 Å². The van der Waals surface area contributed by atoms with Gasteiger partial charge in [-0.05, 0) is 93.0 Å². The number of rotatable bonds is 16. The van der Waals surface area contributed by atoms with Crippen LogP contribution in [0.4, 0.5) is 4.79 Å². The summed E-state index contributed by atoms with van der Waals surface area (Å²) in [6.07, 6.45) is -5.18. The number of benzene rings is 3. The molecule has 0 aromatic heterocycles. The molecule has 1 saturated heterocycles. The van der Waals surface area contributed by atoms with Crippen molar-refractivity contribution in [2.75, 3.05) is 27.4 Å². The number of esters is 4. The van der Waals surface area contributed by atoms with Gasteiger partial charge in [-0.3, -0.25) is 33.6 Å². The van der Waals surface area contributed by atoms with Gasteiger partial charge in [-0.2, -0.15) is 0 Å². The van der Waals surface area contributed by atoms with Crippen molar-refractivity contribution >= 4 is 59.1 Å². The van der Waals surface area contributed by atoms with E-state index in [4.69, 9.17) is 43.6 Å². The van der Waals surface area contributed by atoms with E-state index in [1.165, 1.54) is 46.3 Å². The monoisotopic (exact) mass is 1440 g/mol. The maximum atomic E-state index is 15.5. The van der Waals surface area contributed by atoms with Crippen LogP contribution in [-0.2, 0) is 71.5 Å². The molecular formula is C78H94N4O22. The maximum absolute atomic E-state index is 15.5. The molecule has 2 saturated carbocycles. The summed E-state index contributed by atoms with van der Waals surface area (Å²) in [4.78, 5) is 135. The molecule has 3 amide bonds. The number of aliphatic hydroxyl groups excluding tert-OH is 3. The summed E-state index contributed by atoms with van der Waals surface area (Å²) in [5, 5.41) is 57.0. The van der Waals surface area contributed by atoms with Crippen LogP contribution in [0, 0.1) is 28.6 Å². The number of Topliss-reactive ketones (excluding diaryl/α,β-unsaturated/α-hetero) is 2. The van der Waals surface area contributed by atoms with Crippen molar-refractivity contribution in [3.05, 3.63) is 190 Å². The zero-order chi connectivity index (χ0) is 76.5. The average molecular weight is 1440 g/mol. The maximum Gasteiger partial charge on any atom is 0.405 e. The topological polar surface area (TPSA) is 388 Å². The Labute approximate surface area is 603 Å². The molecule has 3 aromatic rings. The first-order chi connectivity index (χ1) is 49.1. The van der Waals surface area contributed by atoms with Crippen molar-refractivity contribution in [1.82, 2.24) is 16.0 Å². The van der Waals surface area contributed by atoms with Gasteiger partial charge >= 0.3 is 30.0 Å². The van der Waals surface area contributed by atoms with Gasteiger partial charge in [0.15, 0.2) is 29.7 Å². The van der Waals surface area contributed by atoms with Crippen molar-refractivity contribution in [2.45, 2.75) is 173 Å². The molecule has 0 spiro atoms. The summed E-state index contributed by atoms with van der Waals surface area (Å²) >= 11 is 0. The molecule has 26 heteroatoms. The normalized spacial score (nSPS) is 31.8. The van der Waals surface area contributed by atoms with Gasteiger partial charge in [0.2, 0.25) is 11.6 Å². The first kappa shape index (κ1) is 80.2. The summed E-state index contributed by atoms with van der Waals surface area (Å²) in [5.41, 5.74) is -0.600. The predicted octanol–water partition coefficient (Wildman–Crippen LogP) is 6.27.